The highest BCUT2D eigenvalue weighted by atomic mass is 16.5. The van der Waals surface area contributed by atoms with Gasteiger partial charge in [-0.25, -0.2) is 0 Å². The number of nitrogens with zero attached hydrogens (tertiary/aromatic N) is 2. The van der Waals surface area contributed by atoms with Crippen molar-refractivity contribution in [3.8, 4) is 5.75 Å². The van der Waals surface area contributed by atoms with Gasteiger partial charge in [0.2, 0.25) is 5.91 Å². The maximum atomic E-state index is 12.9. The summed E-state index contributed by atoms with van der Waals surface area (Å²) in [5, 5.41) is 3.43. The molecule has 0 unspecified atom stereocenters. The number of anilines is 1. The third kappa shape index (κ3) is 3.93. The minimum absolute atomic E-state index is 0.216. The summed E-state index contributed by atoms with van der Waals surface area (Å²) in [7, 11) is 1.71. The van der Waals surface area contributed by atoms with Crippen LogP contribution in [0.5, 0.6) is 5.75 Å². The minimum Gasteiger partial charge on any atom is -0.497 e. The maximum absolute atomic E-state index is 12.9. The largest absolute Gasteiger partial charge is 0.497 e. The molecule has 4 aliphatic carbocycles. The number of carbonyl (C=O) groups is 1. The van der Waals surface area contributed by atoms with Crippen molar-refractivity contribution in [1.29, 1.82) is 0 Å². The minimum atomic E-state index is 0.216. The van der Waals surface area contributed by atoms with Crippen LogP contribution in [-0.4, -0.2) is 56.7 Å². The van der Waals surface area contributed by atoms with Crippen molar-refractivity contribution in [3.63, 3.8) is 0 Å². The number of ether oxygens (including phenoxy) is 1. The van der Waals surface area contributed by atoms with Gasteiger partial charge in [-0.2, -0.15) is 0 Å². The maximum Gasteiger partial charge on any atom is 0.234 e. The number of hydrogen-bond donors (Lipinski definition) is 1. The molecule has 5 aliphatic rings. The number of methoxy groups -OCH3 is 1. The third-order valence-corrected chi connectivity index (χ3v) is 8.54. The van der Waals surface area contributed by atoms with Gasteiger partial charge in [0.25, 0.3) is 0 Å². The summed E-state index contributed by atoms with van der Waals surface area (Å²) < 4.78 is 5.35. The molecule has 1 aromatic rings. The van der Waals surface area contributed by atoms with E-state index in [-0.39, 0.29) is 5.91 Å². The first-order valence-electron chi connectivity index (χ1n) is 11.9. The highest BCUT2D eigenvalue weighted by Gasteiger charge is 2.53. The first kappa shape index (κ1) is 20.2. The van der Waals surface area contributed by atoms with E-state index < -0.39 is 0 Å². The smallest absolute Gasteiger partial charge is 0.234 e. The lowest BCUT2D eigenvalue weighted by atomic mass is 9.48. The fourth-order valence-corrected chi connectivity index (χ4v) is 7.32. The van der Waals surface area contributed by atoms with Crippen LogP contribution >= 0.6 is 0 Å². The molecule has 1 saturated heterocycles. The molecule has 0 aromatic heterocycles. The van der Waals surface area contributed by atoms with Crippen molar-refractivity contribution < 1.29 is 9.53 Å². The zero-order valence-electron chi connectivity index (χ0n) is 18.6. The highest BCUT2D eigenvalue weighted by molar-refractivity contribution is 5.78. The molecular weight excluding hydrogens is 374 g/mol. The predicted octanol–water partition coefficient (Wildman–Crippen LogP) is 3.54. The van der Waals surface area contributed by atoms with E-state index in [2.05, 4.69) is 34.2 Å². The van der Waals surface area contributed by atoms with Crippen LogP contribution in [0.2, 0.25) is 0 Å². The Kier molecular flexibility index (Phi) is 5.42. The monoisotopic (exact) mass is 411 g/mol. The molecule has 1 aliphatic heterocycles. The summed E-state index contributed by atoms with van der Waals surface area (Å²) in [6.07, 6.45) is 8.41. The summed E-state index contributed by atoms with van der Waals surface area (Å²) in [4.78, 5) is 17.6. The third-order valence-electron chi connectivity index (χ3n) is 8.54. The molecule has 1 N–H and O–H groups in total. The number of amides is 1. The fraction of sp³-hybridized carbons (Fsp3) is 0.720. The summed E-state index contributed by atoms with van der Waals surface area (Å²) in [5.74, 6) is 3.90. The van der Waals surface area contributed by atoms with Gasteiger partial charge in [-0.3, -0.25) is 9.69 Å². The Bertz CT molecular complexity index is 736. The van der Waals surface area contributed by atoms with Crippen LogP contribution in [0.1, 0.15) is 45.4 Å². The summed E-state index contributed by atoms with van der Waals surface area (Å²) >= 11 is 0. The van der Waals surface area contributed by atoms with E-state index in [1.807, 2.05) is 12.1 Å². The number of nitrogens with one attached hydrogen (secondary N) is 1. The SMILES string of the molecule is COc1cccc(N2CCN(CC(=O)N[C@H](C)C34CC5CC(CC(C5)C3)C4)CC2)c1. The molecule has 1 heterocycles. The second-order valence-corrected chi connectivity index (χ2v) is 10.5. The molecule has 1 atom stereocenters. The van der Waals surface area contributed by atoms with Gasteiger partial charge in [-0.1, -0.05) is 6.07 Å². The molecule has 5 fully saturated rings. The Hall–Kier alpha value is -1.75. The first-order chi connectivity index (χ1) is 14.5. The van der Waals surface area contributed by atoms with Crippen molar-refractivity contribution in [3.05, 3.63) is 24.3 Å². The zero-order valence-corrected chi connectivity index (χ0v) is 18.6. The van der Waals surface area contributed by atoms with Crippen LogP contribution < -0.4 is 15.0 Å². The van der Waals surface area contributed by atoms with Gasteiger partial charge in [0.15, 0.2) is 0 Å². The number of carbonyl (C=O) groups excluding carboxylic acids is 1. The van der Waals surface area contributed by atoms with Crippen LogP contribution in [0.3, 0.4) is 0 Å². The molecule has 4 bridgehead atoms. The van der Waals surface area contributed by atoms with Crippen molar-refractivity contribution >= 4 is 11.6 Å². The van der Waals surface area contributed by atoms with E-state index in [9.17, 15) is 4.79 Å². The van der Waals surface area contributed by atoms with E-state index >= 15 is 0 Å². The Balaban J connectivity index is 1.12. The molecule has 5 nitrogen and oxygen atoms in total. The quantitative estimate of drug-likeness (QED) is 0.778. The summed E-state index contributed by atoms with van der Waals surface area (Å²) in [6, 6.07) is 8.57. The van der Waals surface area contributed by atoms with Gasteiger partial charge < -0.3 is 15.0 Å². The van der Waals surface area contributed by atoms with Crippen molar-refractivity contribution in [2.45, 2.75) is 51.5 Å². The number of benzene rings is 1. The van der Waals surface area contributed by atoms with Crippen molar-refractivity contribution in [2.75, 3.05) is 44.7 Å². The average molecular weight is 412 g/mol. The van der Waals surface area contributed by atoms with E-state index in [4.69, 9.17) is 4.74 Å². The second kappa shape index (κ2) is 8.07. The Morgan fingerprint density at radius 3 is 2.33 bits per heavy atom. The molecule has 5 heteroatoms. The van der Waals surface area contributed by atoms with Gasteiger partial charge in [-0.15, -0.1) is 0 Å². The number of rotatable bonds is 6. The molecule has 4 saturated carbocycles. The molecule has 1 amide bonds. The number of hydrogen-bond acceptors (Lipinski definition) is 4. The molecule has 30 heavy (non-hydrogen) atoms. The fourth-order valence-electron chi connectivity index (χ4n) is 7.32. The van der Waals surface area contributed by atoms with Gasteiger partial charge in [0, 0.05) is 44.0 Å². The zero-order chi connectivity index (χ0) is 20.7. The van der Waals surface area contributed by atoms with Gasteiger partial charge >= 0.3 is 0 Å². The van der Waals surface area contributed by atoms with Crippen LogP contribution in [0.4, 0.5) is 5.69 Å². The van der Waals surface area contributed by atoms with Crippen LogP contribution in [-0.2, 0) is 4.79 Å². The lowest BCUT2D eigenvalue weighted by molar-refractivity contribution is -0.127. The first-order valence-corrected chi connectivity index (χ1v) is 11.9. The molecule has 6 rings (SSSR count). The average Bonchev–Trinajstić information content (AvgIpc) is 2.73. The Morgan fingerprint density at radius 1 is 1.10 bits per heavy atom. The van der Waals surface area contributed by atoms with Gasteiger partial charge in [-0.05, 0) is 80.8 Å². The van der Waals surface area contributed by atoms with Gasteiger partial charge in [0.1, 0.15) is 5.75 Å². The molecule has 0 radical (unpaired) electrons. The molecule has 0 spiro atoms. The van der Waals surface area contributed by atoms with E-state index in [0.717, 1.165) is 49.7 Å². The van der Waals surface area contributed by atoms with E-state index in [1.54, 1.807) is 7.11 Å². The number of piperazine rings is 1. The summed E-state index contributed by atoms with van der Waals surface area (Å²) in [5.41, 5.74) is 1.59. The molecular formula is C25H37N3O2. The topological polar surface area (TPSA) is 44.8 Å². The standard InChI is InChI=1S/C25H37N3O2/c1-18(25-14-19-10-20(15-25)12-21(11-19)16-25)26-24(29)17-27-6-8-28(9-7-27)22-4-3-5-23(13-22)30-2/h3-5,13,18-21H,6-12,14-17H2,1-2H3,(H,26,29)/t18-,19?,20?,21?,25?/m1/s1. The van der Waals surface area contributed by atoms with Gasteiger partial charge in [0.05, 0.1) is 13.7 Å². The van der Waals surface area contributed by atoms with Crippen LogP contribution in [0.25, 0.3) is 0 Å². The lowest BCUT2D eigenvalue weighted by Gasteiger charge is -2.59. The lowest BCUT2D eigenvalue weighted by Crippen LogP contribution is -2.57. The van der Waals surface area contributed by atoms with Crippen molar-refractivity contribution in [2.24, 2.45) is 23.2 Å². The van der Waals surface area contributed by atoms with Crippen LogP contribution in [0.15, 0.2) is 24.3 Å². The normalized spacial score (nSPS) is 34.1. The highest BCUT2D eigenvalue weighted by Crippen LogP contribution is 2.61. The van der Waals surface area contributed by atoms with Crippen LogP contribution in [0, 0.1) is 23.2 Å². The molecule has 164 valence electrons. The van der Waals surface area contributed by atoms with E-state index in [1.165, 1.54) is 44.2 Å². The Labute approximate surface area is 181 Å². The summed E-state index contributed by atoms with van der Waals surface area (Å²) in [6.45, 7) is 6.57. The predicted molar refractivity (Wildman–Crippen MR) is 120 cm³/mol. The van der Waals surface area contributed by atoms with E-state index in [0.29, 0.717) is 18.0 Å². The molecule has 1 aromatic carbocycles. The Morgan fingerprint density at radius 2 is 1.73 bits per heavy atom. The van der Waals surface area contributed by atoms with Crippen molar-refractivity contribution in [1.82, 2.24) is 10.2 Å². The second-order valence-electron chi connectivity index (χ2n) is 10.5.